The largest absolute Gasteiger partial charge is 0.458 e. The second kappa shape index (κ2) is 12.6. The van der Waals surface area contributed by atoms with E-state index in [0.717, 1.165) is 25.7 Å². The Bertz CT molecular complexity index is 1030. The molecule has 0 radical (unpaired) electrons. The molecule has 0 saturated heterocycles. The average molecular weight is 537 g/mol. The lowest BCUT2D eigenvalue weighted by molar-refractivity contribution is -0.135. The predicted octanol–water partition coefficient (Wildman–Crippen LogP) is 4.40. The Hall–Kier alpha value is -2.55. The van der Waals surface area contributed by atoms with E-state index in [-0.39, 0.29) is 18.3 Å². The van der Waals surface area contributed by atoms with Crippen molar-refractivity contribution in [2.75, 3.05) is 13.1 Å². The molecule has 2 amide bonds. The Morgan fingerprint density at radius 2 is 2.03 bits per heavy atom. The minimum atomic E-state index is -0.903. The number of nitrogens with zero attached hydrogens (tertiary/aromatic N) is 1. The van der Waals surface area contributed by atoms with Gasteiger partial charge >= 0.3 is 0 Å². The van der Waals surface area contributed by atoms with Crippen LogP contribution < -0.4 is 15.4 Å². The highest BCUT2D eigenvalue weighted by atomic mass is 35.5. The van der Waals surface area contributed by atoms with Gasteiger partial charge < -0.3 is 25.4 Å². The van der Waals surface area contributed by atoms with Gasteiger partial charge in [-0.25, -0.2) is 0 Å². The second-order valence-corrected chi connectivity index (χ2v) is 10.8. The maximum absolute atomic E-state index is 13.3. The summed E-state index contributed by atoms with van der Waals surface area (Å²) < 4.78 is 5.85. The van der Waals surface area contributed by atoms with Gasteiger partial charge in [-0.2, -0.15) is 0 Å². The molecule has 4 N–H and O–H groups in total. The number of hydrogen-bond acceptors (Lipinski definition) is 6. The first-order chi connectivity index (χ1) is 17.0. The van der Waals surface area contributed by atoms with Crippen LogP contribution >= 0.6 is 23.2 Å². The van der Waals surface area contributed by atoms with E-state index >= 15 is 0 Å². The van der Waals surface area contributed by atoms with Crippen LogP contribution in [0.3, 0.4) is 0 Å². The van der Waals surface area contributed by atoms with Gasteiger partial charge in [0.2, 0.25) is 5.91 Å². The summed E-state index contributed by atoms with van der Waals surface area (Å²) in [7, 11) is 0. The third kappa shape index (κ3) is 8.54. The van der Waals surface area contributed by atoms with Crippen LogP contribution in [0, 0.1) is 11.3 Å². The van der Waals surface area contributed by atoms with Crippen LogP contribution in [0.2, 0.25) is 10.0 Å². The summed E-state index contributed by atoms with van der Waals surface area (Å²) in [5.41, 5.74) is -0.903. The minimum Gasteiger partial charge on any atom is -0.458 e. The van der Waals surface area contributed by atoms with Crippen LogP contribution in [0.25, 0.3) is 0 Å². The van der Waals surface area contributed by atoms with Gasteiger partial charge in [-0.15, -0.1) is 0 Å². The van der Waals surface area contributed by atoms with Crippen LogP contribution in [-0.2, 0) is 9.59 Å². The number of rotatable bonds is 10. The first-order valence-corrected chi connectivity index (χ1v) is 12.9. The number of carbonyl (C=O) groups is 2. The van der Waals surface area contributed by atoms with E-state index < -0.39 is 17.6 Å². The van der Waals surface area contributed by atoms with Crippen molar-refractivity contribution < 1.29 is 19.4 Å². The molecule has 196 valence electrons. The minimum absolute atomic E-state index is 0.110. The number of halogens is 2. The van der Waals surface area contributed by atoms with E-state index in [1.807, 2.05) is 0 Å². The van der Waals surface area contributed by atoms with Crippen molar-refractivity contribution in [2.24, 2.45) is 5.92 Å². The van der Waals surface area contributed by atoms with Crippen LogP contribution in [0.1, 0.15) is 52.4 Å². The van der Waals surface area contributed by atoms with Gasteiger partial charge in [0.1, 0.15) is 23.4 Å². The van der Waals surface area contributed by atoms with E-state index in [1.54, 1.807) is 32.0 Å². The molecule has 2 aliphatic rings. The van der Waals surface area contributed by atoms with Crippen molar-refractivity contribution >= 4 is 40.9 Å². The highest BCUT2D eigenvalue weighted by Gasteiger charge is 2.36. The smallest absolute Gasteiger partial charge is 0.251 e. The molecule has 0 spiro atoms. The molecule has 36 heavy (non-hydrogen) atoms. The normalized spacial score (nSPS) is 17.8. The first kappa shape index (κ1) is 28.0. The SMILES string of the molecule is CC(C)(O)CN/C=C\C(=N)NC(=O)[C@H](CC1CCCCC1)N1CC(Oc2ccc(Cl)cc2Cl)=CC1=O. The molecular weight excluding hydrogens is 503 g/mol. The summed E-state index contributed by atoms with van der Waals surface area (Å²) in [6, 6.07) is 4.09. The third-order valence-electron chi connectivity index (χ3n) is 6.15. The molecule has 10 heteroatoms. The van der Waals surface area contributed by atoms with Crippen molar-refractivity contribution in [3.63, 3.8) is 0 Å². The standard InChI is InChI=1S/C26H34Cl2N4O4/c1-26(2,35)16-30-11-10-23(29)31-25(34)21(12-17-6-4-3-5-7-17)32-15-19(14-24(32)33)36-22-9-8-18(27)13-20(22)28/h8-11,13-14,17,21,30,35H,3-7,12,15-16H2,1-2H3,(H2,29,31,34)/b11-10-/t21-/m0/s1. The summed E-state index contributed by atoms with van der Waals surface area (Å²) >= 11 is 12.2. The molecule has 1 fully saturated rings. The molecule has 0 aromatic heterocycles. The Morgan fingerprint density at radius 3 is 2.69 bits per heavy atom. The highest BCUT2D eigenvalue weighted by molar-refractivity contribution is 6.35. The number of amidine groups is 1. The highest BCUT2D eigenvalue weighted by Crippen LogP contribution is 2.32. The molecule has 1 atom stereocenters. The number of ether oxygens (including phenoxy) is 1. The Morgan fingerprint density at radius 1 is 1.31 bits per heavy atom. The lowest BCUT2D eigenvalue weighted by Crippen LogP contribution is -2.50. The van der Waals surface area contributed by atoms with E-state index in [0.29, 0.717) is 40.4 Å². The summed E-state index contributed by atoms with van der Waals surface area (Å²) in [6.45, 7) is 3.75. The van der Waals surface area contributed by atoms with Gasteiger partial charge in [-0.3, -0.25) is 15.0 Å². The lowest BCUT2D eigenvalue weighted by atomic mass is 9.84. The molecule has 3 rings (SSSR count). The van der Waals surface area contributed by atoms with Gasteiger partial charge in [0.05, 0.1) is 17.2 Å². The predicted molar refractivity (Wildman–Crippen MR) is 141 cm³/mol. The molecular formula is C26H34Cl2N4O4. The fourth-order valence-corrected chi connectivity index (χ4v) is 4.81. The Balaban J connectivity index is 1.67. The number of hydrogen-bond donors (Lipinski definition) is 4. The molecule has 0 bridgehead atoms. The third-order valence-corrected chi connectivity index (χ3v) is 6.68. The van der Waals surface area contributed by atoms with Crippen molar-refractivity contribution in [1.29, 1.82) is 5.41 Å². The van der Waals surface area contributed by atoms with Crippen LogP contribution in [0.4, 0.5) is 0 Å². The van der Waals surface area contributed by atoms with E-state index in [9.17, 15) is 14.7 Å². The Labute approximate surface area is 222 Å². The van der Waals surface area contributed by atoms with Gasteiger partial charge in [0, 0.05) is 23.8 Å². The molecule has 1 aliphatic heterocycles. The molecule has 1 saturated carbocycles. The summed E-state index contributed by atoms with van der Waals surface area (Å²) in [6.07, 6.45) is 10.2. The fourth-order valence-electron chi connectivity index (χ4n) is 4.36. The maximum Gasteiger partial charge on any atom is 0.251 e. The molecule has 1 aliphatic carbocycles. The van der Waals surface area contributed by atoms with Crippen LogP contribution in [0.15, 0.2) is 42.3 Å². The van der Waals surface area contributed by atoms with Crippen molar-refractivity contribution in [2.45, 2.75) is 64.0 Å². The molecule has 1 heterocycles. The number of carbonyl (C=O) groups excluding carboxylic acids is 2. The van der Waals surface area contributed by atoms with Gasteiger partial charge in [0.15, 0.2) is 0 Å². The first-order valence-electron chi connectivity index (χ1n) is 12.2. The second-order valence-electron chi connectivity index (χ2n) is 9.94. The van der Waals surface area contributed by atoms with E-state index in [4.69, 9.17) is 33.3 Å². The summed E-state index contributed by atoms with van der Waals surface area (Å²) in [5, 5.41) is 24.2. The van der Waals surface area contributed by atoms with E-state index in [1.165, 1.54) is 29.7 Å². The Kier molecular flexibility index (Phi) is 9.82. The monoisotopic (exact) mass is 536 g/mol. The quantitative estimate of drug-likeness (QED) is 0.261. The number of nitrogens with one attached hydrogen (secondary N) is 3. The van der Waals surface area contributed by atoms with Crippen LogP contribution in [-0.4, -0.2) is 52.4 Å². The summed E-state index contributed by atoms with van der Waals surface area (Å²) in [5.74, 6) is 0.249. The summed E-state index contributed by atoms with van der Waals surface area (Å²) in [4.78, 5) is 27.7. The van der Waals surface area contributed by atoms with Crippen molar-refractivity contribution in [1.82, 2.24) is 15.5 Å². The zero-order valence-electron chi connectivity index (χ0n) is 20.7. The fraction of sp³-hybridized carbons (Fsp3) is 0.500. The molecule has 1 aromatic rings. The zero-order chi connectivity index (χ0) is 26.3. The van der Waals surface area contributed by atoms with E-state index in [2.05, 4.69) is 10.6 Å². The topological polar surface area (TPSA) is 115 Å². The van der Waals surface area contributed by atoms with Crippen molar-refractivity contribution in [3.05, 3.63) is 52.4 Å². The van der Waals surface area contributed by atoms with Crippen molar-refractivity contribution in [3.8, 4) is 5.75 Å². The number of amides is 2. The molecule has 1 aromatic carbocycles. The maximum atomic E-state index is 13.3. The zero-order valence-corrected chi connectivity index (χ0v) is 22.2. The molecule has 8 nitrogen and oxygen atoms in total. The molecule has 0 unspecified atom stereocenters. The van der Waals surface area contributed by atoms with Crippen LogP contribution in [0.5, 0.6) is 5.75 Å². The van der Waals surface area contributed by atoms with Gasteiger partial charge in [0.25, 0.3) is 5.91 Å². The van der Waals surface area contributed by atoms with Gasteiger partial charge in [-0.1, -0.05) is 55.3 Å². The lowest BCUT2D eigenvalue weighted by Gasteiger charge is -2.31. The number of aliphatic hydroxyl groups is 1. The number of benzene rings is 1. The van der Waals surface area contributed by atoms with Gasteiger partial charge in [-0.05, 0) is 50.5 Å². The average Bonchev–Trinajstić information content (AvgIpc) is 3.16.